The summed E-state index contributed by atoms with van der Waals surface area (Å²) in [5.74, 6) is -1.66. The summed E-state index contributed by atoms with van der Waals surface area (Å²) in [4.78, 5) is 24.5. The van der Waals surface area contributed by atoms with Crippen LogP contribution >= 0.6 is 0 Å². The molecule has 0 aromatic heterocycles. The van der Waals surface area contributed by atoms with Crippen LogP contribution in [0.2, 0.25) is 0 Å². The minimum absolute atomic E-state index is 0.234. The zero-order valence-corrected chi connectivity index (χ0v) is 15.2. The molecule has 4 nitrogen and oxygen atoms in total. The Morgan fingerprint density at radius 2 is 1.64 bits per heavy atom. The normalized spacial score (nSPS) is 15.9. The van der Waals surface area contributed by atoms with E-state index < -0.39 is 22.8 Å². The van der Waals surface area contributed by atoms with Gasteiger partial charge in [0.15, 0.2) is 5.41 Å². The first-order valence-corrected chi connectivity index (χ1v) is 8.58. The number of carbonyl (C=O) groups excluding carboxylic acids is 1. The fourth-order valence-electron chi connectivity index (χ4n) is 2.87. The lowest BCUT2D eigenvalue weighted by atomic mass is 9.64. The third-order valence-corrected chi connectivity index (χ3v) is 4.39. The van der Waals surface area contributed by atoms with Crippen LogP contribution in [0.3, 0.4) is 0 Å². The molecule has 0 aliphatic heterocycles. The van der Waals surface area contributed by atoms with Crippen molar-refractivity contribution in [1.29, 1.82) is 0 Å². The average Bonchev–Trinajstić information content (AvgIpc) is 2.38. The van der Waals surface area contributed by atoms with Gasteiger partial charge in [-0.25, -0.2) is 0 Å². The van der Waals surface area contributed by atoms with E-state index in [1.165, 1.54) is 6.42 Å². The molecule has 2 unspecified atom stereocenters. The number of carboxylic acids is 1. The zero-order chi connectivity index (χ0) is 17.4. The van der Waals surface area contributed by atoms with Gasteiger partial charge in [0, 0.05) is 0 Å². The van der Waals surface area contributed by atoms with E-state index in [9.17, 15) is 14.7 Å². The SMILES string of the molecule is CCCCCCC(C)OC(=O)C(CCC)(C(=O)O)C(C)(C)C. The van der Waals surface area contributed by atoms with Crippen molar-refractivity contribution in [3.05, 3.63) is 0 Å². The predicted octanol–water partition coefficient (Wildman–Crippen LogP) is 4.81. The maximum atomic E-state index is 12.6. The van der Waals surface area contributed by atoms with E-state index in [2.05, 4.69) is 6.92 Å². The number of ether oxygens (including phenoxy) is 1. The lowest BCUT2D eigenvalue weighted by Crippen LogP contribution is -2.51. The molecule has 130 valence electrons. The number of carboxylic acid groups (broad SMARTS) is 1. The molecule has 4 heteroatoms. The molecule has 0 spiro atoms. The average molecular weight is 314 g/mol. The summed E-state index contributed by atoms with van der Waals surface area (Å²) >= 11 is 0. The first kappa shape index (κ1) is 20.9. The highest BCUT2D eigenvalue weighted by Crippen LogP contribution is 2.44. The Bertz CT molecular complexity index is 357. The Balaban J connectivity index is 4.95. The fourth-order valence-corrected chi connectivity index (χ4v) is 2.87. The molecule has 0 fully saturated rings. The maximum absolute atomic E-state index is 12.6. The molecule has 22 heavy (non-hydrogen) atoms. The van der Waals surface area contributed by atoms with Crippen molar-refractivity contribution in [2.75, 3.05) is 0 Å². The molecule has 0 aromatic rings. The highest BCUT2D eigenvalue weighted by molar-refractivity contribution is 6.00. The van der Waals surface area contributed by atoms with E-state index >= 15 is 0 Å². The molecule has 0 heterocycles. The van der Waals surface area contributed by atoms with Crippen molar-refractivity contribution in [1.82, 2.24) is 0 Å². The Morgan fingerprint density at radius 1 is 1.05 bits per heavy atom. The minimum Gasteiger partial charge on any atom is -0.480 e. The largest absolute Gasteiger partial charge is 0.480 e. The van der Waals surface area contributed by atoms with Gasteiger partial charge in [0.25, 0.3) is 0 Å². The molecule has 0 aliphatic rings. The number of hydrogen-bond donors (Lipinski definition) is 1. The van der Waals surface area contributed by atoms with Gasteiger partial charge in [0.05, 0.1) is 6.10 Å². The van der Waals surface area contributed by atoms with Gasteiger partial charge in [0.2, 0.25) is 0 Å². The van der Waals surface area contributed by atoms with Crippen molar-refractivity contribution in [2.24, 2.45) is 10.8 Å². The summed E-state index contributed by atoms with van der Waals surface area (Å²) in [5.41, 5.74) is -2.16. The molecule has 0 saturated carbocycles. The Hall–Kier alpha value is -1.06. The fraction of sp³-hybridized carbons (Fsp3) is 0.889. The molecule has 0 amide bonds. The quantitative estimate of drug-likeness (QED) is 0.357. The van der Waals surface area contributed by atoms with Gasteiger partial charge < -0.3 is 9.84 Å². The van der Waals surface area contributed by atoms with Gasteiger partial charge in [-0.3, -0.25) is 9.59 Å². The molecule has 0 saturated heterocycles. The number of esters is 1. The highest BCUT2D eigenvalue weighted by atomic mass is 16.5. The third-order valence-electron chi connectivity index (χ3n) is 4.39. The van der Waals surface area contributed by atoms with Crippen molar-refractivity contribution in [3.63, 3.8) is 0 Å². The van der Waals surface area contributed by atoms with Crippen LogP contribution in [0, 0.1) is 10.8 Å². The lowest BCUT2D eigenvalue weighted by molar-refractivity contribution is -0.182. The standard InChI is InChI=1S/C18H34O4/c1-7-9-10-11-12-14(3)22-16(21)18(13-8-2,15(19)20)17(4,5)6/h14H,7-13H2,1-6H3,(H,19,20). The molecule has 0 aliphatic carbocycles. The Kier molecular flexibility index (Phi) is 8.72. The predicted molar refractivity (Wildman–Crippen MR) is 88.7 cm³/mol. The monoisotopic (exact) mass is 314 g/mol. The lowest BCUT2D eigenvalue weighted by Gasteiger charge is -2.39. The molecule has 0 aromatic carbocycles. The van der Waals surface area contributed by atoms with Crippen molar-refractivity contribution >= 4 is 11.9 Å². The highest BCUT2D eigenvalue weighted by Gasteiger charge is 2.56. The van der Waals surface area contributed by atoms with Crippen molar-refractivity contribution < 1.29 is 19.4 Å². The van der Waals surface area contributed by atoms with Gasteiger partial charge in [-0.1, -0.05) is 60.3 Å². The summed E-state index contributed by atoms with van der Waals surface area (Å²) in [6.45, 7) is 11.3. The summed E-state index contributed by atoms with van der Waals surface area (Å²) < 4.78 is 5.52. The van der Waals surface area contributed by atoms with Gasteiger partial charge in [-0.15, -0.1) is 0 Å². The number of carbonyl (C=O) groups is 2. The second-order valence-corrected chi connectivity index (χ2v) is 7.28. The van der Waals surface area contributed by atoms with Gasteiger partial charge in [-0.05, 0) is 31.6 Å². The Labute approximate surface area is 135 Å². The van der Waals surface area contributed by atoms with E-state index in [-0.39, 0.29) is 6.10 Å². The molecular weight excluding hydrogens is 280 g/mol. The van der Waals surface area contributed by atoms with E-state index in [4.69, 9.17) is 4.74 Å². The molecule has 0 bridgehead atoms. The number of rotatable bonds is 10. The third kappa shape index (κ3) is 5.29. The van der Waals surface area contributed by atoms with Crippen LogP contribution in [0.1, 0.15) is 86.5 Å². The topological polar surface area (TPSA) is 63.6 Å². The van der Waals surface area contributed by atoms with Crippen LogP contribution in [0.5, 0.6) is 0 Å². The van der Waals surface area contributed by atoms with E-state index in [0.29, 0.717) is 12.8 Å². The minimum atomic E-state index is -1.47. The number of hydrogen-bond acceptors (Lipinski definition) is 3. The molecule has 0 rings (SSSR count). The molecule has 2 atom stereocenters. The van der Waals surface area contributed by atoms with Crippen LogP contribution in [0.15, 0.2) is 0 Å². The van der Waals surface area contributed by atoms with Crippen LogP contribution in [0.4, 0.5) is 0 Å². The van der Waals surface area contributed by atoms with Gasteiger partial charge in [0.1, 0.15) is 0 Å². The summed E-state index contributed by atoms with van der Waals surface area (Å²) in [5, 5.41) is 9.72. The van der Waals surface area contributed by atoms with Crippen LogP contribution in [0.25, 0.3) is 0 Å². The van der Waals surface area contributed by atoms with Gasteiger partial charge >= 0.3 is 11.9 Å². The molecule has 0 radical (unpaired) electrons. The van der Waals surface area contributed by atoms with Gasteiger partial charge in [-0.2, -0.15) is 0 Å². The number of unbranched alkanes of at least 4 members (excludes halogenated alkanes) is 3. The summed E-state index contributed by atoms with van der Waals surface area (Å²) in [7, 11) is 0. The number of aliphatic carboxylic acids is 1. The van der Waals surface area contributed by atoms with E-state index in [1.807, 2.05) is 13.8 Å². The first-order chi connectivity index (χ1) is 10.1. The second-order valence-electron chi connectivity index (χ2n) is 7.28. The van der Waals surface area contributed by atoms with E-state index in [1.54, 1.807) is 20.8 Å². The second kappa shape index (κ2) is 9.16. The van der Waals surface area contributed by atoms with E-state index in [0.717, 1.165) is 25.7 Å². The molecular formula is C18H34O4. The Morgan fingerprint density at radius 3 is 2.05 bits per heavy atom. The maximum Gasteiger partial charge on any atom is 0.324 e. The molecule has 1 N–H and O–H groups in total. The van der Waals surface area contributed by atoms with Crippen LogP contribution < -0.4 is 0 Å². The summed E-state index contributed by atoms with van der Waals surface area (Å²) in [6.07, 6.45) is 5.95. The first-order valence-electron chi connectivity index (χ1n) is 8.58. The van der Waals surface area contributed by atoms with Crippen LogP contribution in [-0.2, 0) is 14.3 Å². The summed E-state index contributed by atoms with van der Waals surface area (Å²) in [6, 6.07) is 0. The van der Waals surface area contributed by atoms with Crippen LogP contribution in [-0.4, -0.2) is 23.1 Å². The van der Waals surface area contributed by atoms with Crippen molar-refractivity contribution in [2.45, 2.75) is 92.6 Å². The van der Waals surface area contributed by atoms with Crippen molar-refractivity contribution in [3.8, 4) is 0 Å². The smallest absolute Gasteiger partial charge is 0.324 e. The zero-order valence-electron chi connectivity index (χ0n) is 15.2.